The highest BCUT2D eigenvalue weighted by molar-refractivity contribution is 7.13. The third kappa shape index (κ3) is 3.76. The van der Waals surface area contributed by atoms with Gasteiger partial charge in [-0.2, -0.15) is 0 Å². The number of benzene rings is 1. The molecule has 8 heteroatoms. The number of anilines is 1. The zero-order valence-corrected chi connectivity index (χ0v) is 12.1. The van der Waals surface area contributed by atoms with Crippen LogP contribution in [0.4, 0.5) is 10.8 Å². The zero-order valence-electron chi connectivity index (χ0n) is 11.2. The van der Waals surface area contributed by atoms with E-state index in [0.717, 1.165) is 6.42 Å². The molecular weight excluding hydrogens is 294 g/mol. The average Bonchev–Trinajstić information content (AvgIpc) is 2.97. The predicted molar refractivity (Wildman–Crippen MR) is 78.9 cm³/mol. The van der Waals surface area contributed by atoms with Crippen LogP contribution in [0.3, 0.4) is 0 Å². The van der Waals surface area contributed by atoms with Crippen LogP contribution in [0.25, 0.3) is 0 Å². The molecule has 0 saturated heterocycles. The Morgan fingerprint density at radius 1 is 1.52 bits per heavy atom. The van der Waals surface area contributed by atoms with Gasteiger partial charge < -0.3 is 4.74 Å². The van der Waals surface area contributed by atoms with E-state index in [0.29, 0.717) is 11.7 Å². The molecule has 1 heterocycles. The van der Waals surface area contributed by atoms with Gasteiger partial charge in [0.25, 0.3) is 11.6 Å². The highest BCUT2D eigenvalue weighted by atomic mass is 32.1. The van der Waals surface area contributed by atoms with E-state index in [1.807, 2.05) is 6.92 Å². The molecule has 1 N–H and O–H groups in total. The molecule has 2 rings (SSSR count). The maximum atomic E-state index is 12.2. The highest BCUT2D eigenvalue weighted by Crippen LogP contribution is 2.26. The fourth-order valence-corrected chi connectivity index (χ4v) is 2.12. The molecule has 1 amide bonds. The molecule has 0 bridgehead atoms. The van der Waals surface area contributed by atoms with Crippen molar-refractivity contribution in [3.63, 3.8) is 0 Å². The van der Waals surface area contributed by atoms with E-state index in [4.69, 9.17) is 4.74 Å². The van der Waals surface area contributed by atoms with Gasteiger partial charge in [-0.3, -0.25) is 20.2 Å². The molecule has 0 saturated carbocycles. The second kappa shape index (κ2) is 6.80. The second-order valence-electron chi connectivity index (χ2n) is 4.08. The molecule has 0 fully saturated rings. The lowest BCUT2D eigenvalue weighted by Gasteiger charge is -2.10. The summed E-state index contributed by atoms with van der Waals surface area (Å²) in [6, 6.07) is 3.91. The predicted octanol–water partition coefficient (Wildman–Crippen LogP) is 3.09. The molecule has 0 aliphatic carbocycles. The number of carbonyl (C=O) groups excluding carboxylic acids is 1. The van der Waals surface area contributed by atoms with E-state index in [1.54, 1.807) is 11.6 Å². The van der Waals surface area contributed by atoms with Gasteiger partial charge in [0.05, 0.1) is 23.2 Å². The minimum absolute atomic E-state index is 0.119. The molecule has 110 valence electrons. The monoisotopic (exact) mass is 307 g/mol. The number of nitrogens with one attached hydrogen (secondary N) is 1. The standard InChI is InChI=1S/C13H13N3O4S/c1-2-6-20-11-8-9(16(18)19)3-4-10(11)12(17)15-13-14-5-7-21-13/h3-5,7-8H,2,6H2,1H3,(H,14,15,17). The van der Waals surface area contributed by atoms with Gasteiger partial charge in [-0.15, -0.1) is 11.3 Å². The number of rotatable bonds is 6. The summed E-state index contributed by atoms with van der Waals surface area (Å²) in [5, 5.41) is 15.6. The van der Waals surface area contributed by atoms with Crippen molar-refractivity contribution in [1.82, 2.24) is 4.98 Å². The van der Waals surface area contributed by atoms with Gasteiger partial charge >= 0.3 is 0 Å². The Morgan fingerprint density at radius 3 is 2.95 bits per heavy atom. The first-order valence-corrected chi connectivity index (χ1v) is 7.12. The van der Waals surface area contributed by atoms with Crippen LogP contribution < -0.4 is 10.1 Å². The van der Waals surface area contributed by atoms with E-state index < -0.39 is 10.8 Å². The minimum atomic E-state index is -0.526. The number of thiazole rings is 1. The van der Waals surface area contributed by atoms with Gasteiger partial charge in [-0.05, 0) is 12.5 Å². The molecule has 1 aromatic heterocycles. The Labute approximate surface area is 124 Å². The lowest BCUT2D eigenvalue weighted by atomic mass is 10.1. The third-order valence-electron chi connectivity index (χ3n) is 2.54. The van der Waals surface area contributed by atoms with Crippen LogP contribution in [0.5, 0.6) is 5.75 Å². The van der Waals surface area contributed by atoms with Crippen LogP contribution in [0, 0.1) is 10.1 Å². The van der Waals surface area contributed by atoms with Crippen molar-refractivity contribution in [1.29, 1.82) is 0 Å². The molecule has 21 heavy (non-hydrogen) atoms. The van der Waals surface area contributed by atoms with E-state index in [9.17, 15) is 14.9 Å². The van der Waals surface area contributed by atoms with Gasteiger partial charge in [-0.1, -0.05) is 6.92 Å². The quantitative estimate of drug-likeness (QED) is 0.653. The summed E-state index contributed by atoms with van der Waals surface area (Å²) in [5.74, 6) is -0.217. The molecule has 0 spiro atoms. The van der Waals surface area contributed by atoms with Gasteiger partial charge in [-0.25, -0.2) is 4.98 Å². The molecule has 0 aliphatic heterocycles. The summed E-state index contributed by atoms with van der Waals surface area (Å²) in [6.07, 6.45) is 2.31. The van der Waals surface area contributed by atoms with Crippen molar-refractivity contribution in [2.24, 2.45) is 0 Å². The SMILES string of the molecule is CCCOc1cc([N+](=O)[O-])ccc1C(=O)Nc1nccs1. The fourth-order valence-electron chi connectivity index (χ4n) is 1.59. The molecular formula is C13H13N3O4S. The Bertz CT molecular complexity index is 643. The smallest absolute Gasteiger partial charge is 0.273 e. The topological polar surface area (TPSA) is 94.4 Å². The molecule has 0 aliphatic rings. The molecule has 7 nitrogen and oxygen atoms in total. The number of aromatic nitrogens is 1. The Hall–Kier alpha value is -2.48. The number of amides is 1. The van der Waals surface area contributed by atoms with Crippen LogP contribution in [0.15, 0.2) is 29.8 Å². The van der Waals surface area contributed by atoms with Crippen LogP contribution in [-0.4, -0.2) is 22.4 Å². The summed E-state index contributed by atoms with van der Waals surface area (Å²) in [5.41, 5.74) is 0.121. The number of non-ortho nitro benzene ring substituents is 1. The Kier molecular flexibility index (Phi) is 4.83. The number of hydrogen-bond donors (Lipinski definition) is 1. The zero-order chi connectivity index (χ0) is 15.2. The number of ether oxygens (including phenoxy) is 1. The normalized spacial score (nSPS) is 10.1. The lowest BCUT2D eigenvalue weighted by Crippen LogP contribution is -2.14. The number of nitro benzene ring substituents is 1. The number of nitro groups is 1. The largest absolute Gasteiger partial charge is 0.493 e. The van der Waals surface area contributed by atoms with E-state index in [2.05, 4.69) is 10.3 Å². The third-order valence-corrected chi connectivity index (χ3v) is 3.22. The maximum Gasteiger partial charge on any atom is 0.273 e. The second-order valence-corrected chi connectivity index (χ2v) is 4.97. The summed E-state index contributed by atoms with van der Waals surface area (Å²) in [4.78, 5) is 26.4. The molecule has 2 aromatic rings. The summed E-state index contributed by atoms with van der Waals surface area (Å²) in [6.45, 7) is 2.28. The van der Waals surface area contributed by atoms with Crippen molar-refractivity contribution < 1.29 is 14.5 Å². The van der Waals surface area contributed by atoms with Crippen molar-refractivity contribution in [2.75, 3.05) is 11.9 Å². The maximum absolute atomic E-state index is 12.2. The summed E-state index contributed by atoms with van der Waals surface area (Å²) < 4.78 is 5.44. The van der Waals surface area contributed by atoms with E-state index >= 15 is 0 Å². The Balaban J connectivity index is 2.27. The molecule has 0 radical (unpaired) electrons. The highest BCUT2D eigenvalue weighted by Gasteiger charge is 2.18. The molecule has 0 atom stereocenters. The summed E-state index contributed by atoms with van der Waals surface area (Å²) >= 11 is 1.29. The van der Waals surface area contributed by atoms with E-state index in [1.165, 1.54) is 29.5 Å². The number of carbonyl (C=O) groups is 1. The van der Waals surface area contributed by atoms with Crippen LogP contribution in [-0.2, 0) is 0 Å². The van der Waals surface area contributed by atoms with Crippen molar-refractivity contribution in [3.05, 3.63) is 45.5 Å². The first kappa shape index (κ1) is 14.9. The van der Waals surface area contributed by atoms with Gasteiger partial charge in [0.1, 0.15) is 5.75 Å². The van der Waals surface area contributed by atoms with Crippen LogP contribution in [0.1, 0.15) is 23.7 Å². The number of hydrogen-bond acceptors (Lipinski definition) is 6. The van der Waals surface area contributed by atoms with Crippen LogP contribution in [0.2, 0.25) is 0 Å². The van der Waals surface area contributed by atoms with Gasteiger partial charge in [0, 0.05) is 17.6 Å². The summed E-state index contributed by atoms with van der Waals surface area (Å²) in [7, 11) is 0. The average molecular weight is 307 g/mol. The molecule has 0 unspecified atom stereocenters. The fraction of sp³-hybridized carbons (Fsp3) is 0.231. The van der Waals surface area contributed by atoms with Crippen molar-refractivity contribution >= 4 is 28.1 Å². The first-order valence-electron chi connectivity index (χ1n) is 6.24. The van der Waals surface area contributed by atoms with Crippen LogP contribution >= 0.6 is 11.3 Å². The number of nitrogens with zero attached hydrogens (tertiary/aromatic N) is 2. The van der Waals surface area contributed by atoms with E-state index in [-0.39, 0.29) is 17.0 Å². The van der Waals surface area contributed by atoms with Gasteiger partial charge in [0.15, 0.2) is 5.13 Å². The van der Waals surface area contributed by atoms with Gasteiger partial charge in [0.2, 0.25) is 0 Å². The minimum Gasteiger partial charge on any atom is -0.493 e. The van der Waals surface area contributed by atoms with Crippen molar-refractivity contribution in [3.8, 4) is 5.75 Å². The first-order chi connectivity index (χ1) is 10.1. The Morgan fingerprint density at radius 2 is 2.33 bits per heavy atom. The lowest BCUT2D eigenvalue weighted by molar-refractivity contribution is -0.384. The van der Waals surface area contributed by atoms with Crippen molar-refractivity contribution in [2.45, 2.75) is 13.3 Å². The molecule has 1 aromatic carbocycles.